The molecule has 5 heteroatoms. The van der Waals surface area contributed by atoms with E-state index in [0.717, 1.165) is 12.1 Å². The van der Waals surface area contributed by atoms with Crippen LogP contribution in [0.4, 0.5) is 8.78 Å². The van der Waals surface area contributed by atoms with Crippen molar-refractivity contribution in [3.8, 4) is 0 Å². The highest BCUT2D eigenvalue weighted by atomic mass is 19.1. The molecule has 0 aliphatic heterocycles. The van der Waals surface area contributed by atoms with Gasteiger partial charge in [0.15, 0.2) is 0 Å². The van der Waals surface area contributed by atoms with Crippen molar-refractivity contribution in [2.24, 2.45) is 5.92 Å². The molecule has 0 unspecified atom stereocenters. The van der Waals surface area contributed by atoms with E-state index < -0.39 is 11.6 Å². The van der Waals surface area contributed by atoms with Crippen LogP contribution in [0.3, 0.4) is 0 Å². The lowest BCUT2D eigenvalue weighted by Gasteiger charge is -2.20. The zero-order valence-corrected chi connectivity index (χ0v) is 10.4. The van der Waals surface area contributed by atoms with E-state index in [1.165, 1.54) is 6.07 Å². The van der Waals surface area contributed by atoms with Crippen LogP contribution in [0.15, 0.2) is 18.2 Å². The molecule has 0 saturated heterocycles. The minimum absolute atomic E-state index is 0.136. The summed E-state index contributed by atoms with van der Waals surface area (Å²) in [5.74, 6) is -1.63. The Morgan fingerprint density at radius 3 is 2.37 bits per heavy atom. The maximum atomic E-state index is 13.4. The van der Waals surface area contributed by atoms with Crippen molar-refractivity contribution in [1.82, 2.24) is 5.32 Å². The van der Waals surface area contributed by atoms with Crippen molar-refractivity contribution < 1.29 is 18.4 Å². The first kappa shape index (κ1) is 13.6. The molecule has 1 aromatic rings. The number of nitrogens with one attached hydrogen (secondary N) is 1. The predicted octanol–water partition coefficient (Wildman–Crippen LogP) is 2.34. The lowest BCUT2D eigenvalue weighted by Crippen LogP contribution is -2.33. The number of rotatable bonds is 3. The molecule has 0 radical (unpaired) electrons. The molecule has 0 heterocycles. The van der Waals surface area contributed by atoms with Crippen molar-refractivity contribution in [3.05, 3.63) is 35.4 Å². The standard InChI is InChI=1S/C14H15F2NO2/c15-12-2-1-3-13(16)11(12)8-17-14(19)9-4-6-10(18)7-5-9/h1-3,9H,4-8H2,(H,17,19). The molecule has 19 heavy (non-hydrogen) atoms. The molecular formula is C14H15F2NO2. The van der Waals surface area contributed by atoms with Crippen LogP contribution in [0.1, 0.15) is 31.2 Å². The van der Waals surface area contributed by atoms with Crippen molar-refractivity contribution in [1.29, 1.82) is 0 Å². The van der Waals surface area contributed by atoms with E-state index in [4.69, 9.17) is 0 Å². The summed E-state index contributed by atoms with van der Waals surface area (Å²) >= 11 is 0. The van der Waals surface area contributed by atoms with Gasteiger partial charge in [0.25, 0.3) is 0 Å². The number of hydrogen-bond donors (Lipinski definition) is 1. The summed E-state index contributed by atoms with van der Waals surface area (Å²) in [4.78, 5) is 22.9. The Labute approximate surface area is 110 Å². The summed E-state index contributed by atoms with van der Waals surface area (Å²) in [5.41, 5.74) is -0.136. The summed E-state index contributed by atoms with van der Waals surface area (Å²) in [7, 11) is 0. The minimum atomic E-state index is -0.667. The van der Waals surface area contributed by atoms with Crippen LogP contribution in [0, 0.1) is 17.6 Å². The van der Waals surface area contributed by atoms with E-state index in [9.17, 15) is 18.4 Å². The highest BCUT2D eigenvalue weighted by Crippen LogP contribution is 2.21. The number of hydrogen-bond acceptors (Lipinski definition) is 2. The second-order valence-electron chi connectivity index (χ2n) is 4.73. The third kappa shape index (κ3) is 3.36. The number of benzene rings is 1. The first-order valence-corrected chi connectivity index (χ1v) is 6.30. The zero-order chi connectivity index (χ0) is 13.8. The van der Waals surface area contributed by atoms with Crippen LogP contribution in [0.5, 0.6) is 0 Å². The van der Waals surface area contributed by atoms with Gasteiger partial charge in [0.1, 0.15) is 17.4 Å². The van der Waals surface area contributed by atoms with Gasteiger partial charge in [-0.1, -0.05) is 6.07 Å². The van der Waals surface area contributed by atoms with Gasteiger partial charge in [-0.25, -0.2) is 8.78 Å². The van der Waals surface area contributed by atoms with E-state index in [1.807, 2.05) is 0 Å². The molecule has 102 valence electrons. The van der Waals surface area contributed by atoms with Crippen LogP contribution in [0.25, 0.3) is 0 Å². The lowest BCUT2D eigenvalue weighted by molar-refractivity contribution is -0.128. The van der Waals surface area contributed by atoms with E-state index >= 15 is 0 Å². The Bertz CT molecular complexity index is 472. The maximum absolute atomic E-state index is 13.4. The van der Waals surface area contributed by atoms with E-state index in [0.29, 0.717) is 25.7 Å². The second kappa shape index (κ2) is 5.91. The first-order chi connectivity index (χ1) is 9.08. The Morgan fingerprint density at radius 2 is 1.79 bits per heavy atom. The van der Waals surface area contributed by atoms with Crippen LogP contribution >= 0.6 is 0 Å². The smallest absolute Gasteiger partial charge is 0.223 e. The fourth-order valence-corrected chi connectivity index (χ4v) is 2.22. The molecule has 1 N–H and O–H groups in total. The van der Waals surface area contributed by atoms with Crippen LogP contribution < -0.4 is 5.32 Å². The summed E-state index contributed by atoms with van der Waals surface area (Å²) in [6, 6.07) is 3.59. The van der Waals surface area contributed by atoms with Crippen LogP contribution in [-0.4, -0.2) is 11.7 Å². The Kier molecular flexibility index (Phi) is 4.24. The number of amides is 1. The third-order valence-electron chi connectivity index (χ3n) is 3.42. The van der Waals surface area contributed by atoms with Gasteiger partial charge in [-0.3, -0.25) is 9.59 Å². The maximum Gasteiger partial charge on any atom is 0.223 e. The molecule has 1 aliphatic rings. The minimum Gasteiger partial charge on any atom is -0.352 e. The van der Waals surface area contributed by atoms with Gasteiger partial charge in [0.05, 0.1) is 0 Å². The number of carbonyl (C=O) groups excluding carboxylic acids is 2. The van der Waals surface area contributed by atoms with Crippen molar-refractivity contribution in [2.75, 3.05) is 0 Å². The molecule has 0 aromatic heterocycles. The Balaban J connectivity index is 1.92. The van der Waals surface area contributed by atoms with Gasteiger partial charge < -0.3 is 5.32 Å². The van der Waals surface area contributed by atoms with Crippen LogP contribution in [-0.2, 0) is 16.1 Å². The molecule has 1 saturated carbocycles. The number of carbonyl (C=O) groups is 2. The van der Waals surface area contributed by atoms with Crippen molar-refractivity contribution in [2.45, 2.75) is 32.2 Å². The topological polar surface area (TPSA) is 46.2 Å². The third-order valence-corrected chi connectivity index (χ3v) is 3.42. The SMILES string of the molecule is O=C1CCC(C(=O)NCc2c(F)cccc2F)CC1. The average molecular weight is 267 g/mol. The van der Waals surface area contributed by atoms with Gasteiger partial charge >= 0.3 is 0 Å². The van der Waals surface area contributed by atoms with E-state index in [2.05, 4.69) is 5.32 Å². The van der Waals surface area contributed by atoms with E-state index in [1.54, 1.807) is 0 Å². The number of ketones is 1. The summed E-state index contributed by atoms with van der Waals surface area (Å²) < 4.78 is 26.7. The highest BCUT2D eigenvalue weighted by molar-refractivity contribution is 5.84. The van der Waals surface area contributed by atoms with Gasteiger partial charge in [0.2, 0.25) is 5.91 Å². The van der Waals surface area contributed by atoms with Gasteiger partial charge in [0, 0.05) is 30.9 Å². The normalized spacial score (nSPS) is 16.4. The molecule has 0 spiro atoms. The summed E-state index contributed by atoms with van der Waals surface area (Å²) in [5, 5.41) is 2.53. The van der Waals surface area contributed by atoms with Gasteiger partial charge in [-0.2, -0.15) is 0 Å². The molecule has 1 aromatic carbocycles. The molecule has 1 aliphatic carbocycles. The fraction of sp³-hybridized carbons (Fsp3) is 0.429. The Hall–Kier alpha value is -1.78. The zero-order valence-electron chi connectivity index (χ0n) is 10.4. The monoisotopic (exact) mass is 267 g/mol. The Morgan fingerprint density at radius 1 is 1.21 bits per heavy atom. The second-order valence-corrected chi connectivity index (χ2v) is 4.73. The number of Topliss-reactive ketones (excluding diaryl/α,β-unsaturated/α-hetero) is 1. The molecule has 1 amide bonds. The largest absolute Gasteiger partial charge is 0.352 e. The van der Waals surface area contributed by atoms with Crippen LogP contribution in [0.2, 0.25) is 0 Å². The molecule has 3 nitrogen and oxygen atoms in total. The molecular weight excluding hydrogens is 252 g/mol. The molecule has 1 fully saturated rings. The van der Waals surface area contributed by atoms with Crippen molar-refractivity contribution in [3.63, 3.8) is 0 Å². The molecule has 0 atom stereocenters. The predicted molar refractivity (Wildman–Crippen MR) is 65.2 cm³/mol. The quantitative estimate of drug-likeness (QED) is 0.913. The van der Waals surface area contributed by atoms with Gasteiger partial charge in [-0.05, 0) is 25.0 Å². The summed E-state index contributed by atoms with van der Waals surface area (Å²) in [6.45, 7) is -0.165. The lowest BCUT2D eigenvalue weighted by atomic mass is 9.88. The fourth-order valence-electron chi connectivity index (χ4n) is 2.22. The number of halogens is 2. The highest BCUT2D eigenvalue weighted by Gasteiger charge is 2.24. The van der Waals surface area contributed by atoms with Crippen molar-refractivity contribution >= 4 is 11.7 Å². The summed E-state index contributed by atoms with van der Waals surface area (Å²) in [6.07, 6.45) is 1.85. The molecule has 2 rings (SSSR count). The average Bonchev–Trinajstić information content (AvgIpc) is 2.38. The molecule has 0 bridgehead atoms. The van der Waals surface area contributed by atoms with E-state index in [-0.39, 0.29) is 29.7 Å². The first-order valence-electron chi connectivity index (χ1n) is 6.30. The van der Waals surface area contributed by atoms with Gasteiger partial charge in [-0.15, -0.1) is 0 Å².